The first-order chi connectivity index (χ1) is 7.90. The number of benzene rings is 1. The van der Waals surface area contributed by atoms with E-state index in [1.165, 1.54) is 6.07 Å². The highest BCUT2D eigenvalue weighted by molar-refractivity contribution is 6.35. The molecule has 0 atom stereocenters. The molecular formula is C11H14BF2NO2. The van der Waals surface area contributed by atoms with Crippen molar-refractivity contribution in [3.05, 3.63) is 29.3 Å². The second kappa shape index (κ2) is 5.77. The summed E-state index contributed by atoms with van der Waals surface area (Å²) in [5.41, 5.74) is 1.02. The standard InChI is InChI=1S/C11H14BF2NO2/c1-8-4-5-11(17-12(13)14)9(6-8)10(16)7-15(2)3/h4-6H,7H2,1-3H3. The van der Waals surface area contributed by atoms with Crippen molar-refractivity contribution in [1.29, 1.82) is 0 Å². The van der Waals surface area contributed by atoms with E-state index in [4.69, 9.17) is 0 Å². The van der Waals surface area contributed by atoms with Crippen molar-refractivity contribution in [2.24, 2.45) is 0 Å². The van der Waals surface area contributed by atoms with Crippen LogP contribution in [0.4, 0.5) is 8.63 Å². The van der Waals surface area contributed by atoms with Gasteiger partial charge in [-0.2, -0.15) is 0 Å². The van der Waals surface area contributed by atoms with E-state index in [9.17, 15) is 13.4 Å². The molecule has 0 heterocycles. The van der Waals surface area contributed by atoms with Crippen LogP contribution in [0.3, 0.4) is 0 Å². The van der Waals surface area contributed by atoms with Crippen LogP contribution in [0.2, 0.25) is 0 Å². The fourth-order valence-corrected chi connectivity index (χ4v) is 1.43. The number of nitrogens with zero attached hydrogens (tertiary/aromatic N) is 1. The van der Waals surface area contributed by atoms with Gasteiger partial charge in [0.25, 0.3) is 0 Å². The van der Waals surface area contributed by atoms with E-state index in [1.54, 1.807) is 38.1 Å². The van der Waals surface area contributed by atoms with E-state index in [2.05, 4.69) is 4.65 Å². The Labute approximate surface area is 99.6 Å². The van der Waals surface area contributed by atoms with Crippen LogP contribution >= 0.6 is 0 Å². The summed E-state index contributed by atoms with van der Waals surface area (Å²) >= 11 is 0. The highest BCUT2D eigenvalue weighted by Crippen LogP contribution is 2.22. The number of aryl methyl sites for hydroxylation is 1. The van der Waals surface area contributed by atoms with Gasteiger partial charge in [0.1, 0.15) is 5.75 Å². The molecule has 17 heavy (non-hydrogen) atoms. The Hall–Kier alpha value is -1.43. The Balaban J connectivity index is 3.02. The Bertz CT molecular complexity index is 410. The average Bonchev–Trinajstić information content (AvgIpc) is 2.19. The summed E-state index contributed by atoms with van der Waals surface area (Å²) < 4.78 is 28.7. The van der Waals surface area contributed by atoms with E-state index in [-0.39, 0.29) is 23.6 Å². The third-order valence-electron chi connectivity index (χ3n) is 2.11. The molecule has 0 saturated carbocycles. The van der Waals surface area contributed by atoms with Gasteiger partial charge in [0.2, 0.25) is 0 Å². The number of Topliss-reactive ketones (excluding diaryl/α,β-unsaturated/α-hetero) is 1. The first-order valence-electron chi connectivity index (χ1n) is 5.13. The zero-order chi connectivity index (χ0) is 13.0. The predicted octanol–water partition coefficient (Wildman–Crippen LogP) is 2.04. The SMILES string of the molecule is Cc1ccc(OB(F)F)c(C(=O)CN(C)C)c1. The first kappa shape index (κ1) is 13.6. The molecule has 0 amide bonds. The first-order valence-corrected chi connectivity index (χ1v) is 5.13. The van der Waals surface area contributed by atoms with Gasteiger partial charge in [-0.3, -0.25) is 4.79 Å². The van der Waals surface area contributed by atoms with Gasteiger partial charge in [0.15, 0.2) is 5.78 Å². The molecule has 0 saturated heterocycles. The molecule has 1 rings (SSSR count). The van der Waals surface area contributed by atoms with Gasteiger partial charge < -0.3 is 9.55 Å². The maximum atomic E-state index is 12.2. The number of halogens is 2. The van der Waals surface area contributed by atoms with Crippen LogP contribution in [0, 0.1) is 6.92 Å². The number of carbonyl (C=O) groups excluding carboxylic acids is 1. The smallest absolute Gasteiger partial charge is 0.505 e. The number of likely N-dealkylation sites (N-methyl/N-ethyl adjacent to an activating group) is 1. The van der Waals surface area contributed by atoms with Crippen molar-refractivity contribution in [2.75, 3.05) is 20.6 Å². The summed E-state index contributed by atoms with van der Waals surface area (Å²) in [6.07, 6.45) is 0. The van der Waals surface area contributed by atoms with Gasteiger partial charge in [0, 0.05) is 0 Å². The molecule has 92 valence electrons. The largest absolute Gasteiger partial charge is 0.796 e. The number of ketones is 1. The molecule has 0 bridgehead atoms. The Kier molecular flexibility index (Phi) is 4.63. The third kappa shape index (κ3) is 4.15. The topological polar surface area (TPSA) is 29.5 Å². The van der Waals surface area contributed by atoms with Gasteiger partial charge in [-0.05, 0) is 33.2 Å². The summed E-state index contributed by atoms with van der Waals surface area (Å²) in [5, 5.41) is 0. The number of carbonyl (C=O) groups is 1. The molecule has 0 fully saturated rings. The zero-order valence-electron chi connectivity index (χ0n) is 10.0. The number of rotatable bonds is 5. The minimum absolute atomic E-state index is 0.0718. The Morgan fingerprint density at radius 2 is 2.06 bits per heavy atom. The maximum absolute atomic E-state index is 12.2. The third-order valence-corrected chi connectivity index (χ3v) is 2.11. The molecule has 0 N–H and O–H groups in total. The van der Waals surface area contributed by atoms with Crippen molar-refractivity contribution < 1.29 is 18.1 Å². The molecule has 0 aliphatic heterocycles. The molecule has 0 aromatic heterocycles. The lowest BCUT2D eigenvalue weighted by Gasteiger charge is -2.12. The van der Waals surface area contributed by atoms with E-state index < -0.39 is 7.47 Å². The normalized spacial score (nSPS) is 10.5. The second-order valence-corrected chi connectivity index (χ2v) is 4.04. The molecule has 1 aromatic carbocycles. The highest BCUT2D eigenvalue weighted by Gasteiger charge is 2.22. The molecule has 0 radical (unpaired) electrons. The quantitative estimate of drug-likeness (QED) is 0.583. The van der Waals surface area contributed by atoms with E-state index in [1.807, 2.05) is 0 Å². The van der Waals surface area contributed by atoms with Crippen LogP contribution in [-0.2, 0) is 0 Å². The highest BCUT2D eigenvalue weighted by atomic mass is 19.2. The van der Waals surface area contributed by atoms with Crippen LogP contribution in [0.15, 0.2) is 18.2 Å². The maximum Gasteiger partial charge on any atom is 0.796 e. The number of hydrogen-bond donors (Lipinski definition) is 0. The van der Waals surface area contributed by atoms with Crippen LogP contribution in [-0.4, -0.2) is 38.8 Å². The van der Waals surface area contributed by atoms with Gasteiger partial charge in [-0.1, -0.05) is 11.6 Å². The van der Waals surface area contributed by atoms with Crippen LogP contribution in [0.1, 0.15) is 15.9 Å². The zero-order valence-corrected chi connectivity index (χ0v) is 10.0. The summed E-state index contributed by atoms with van der Waals surface area (Å²) in [6.45, 7) is 1.95. The Morgan fingerprint density at radius 1 is 1.41 bits per heavy atom. The van der Waals surface area contributed by atoms with E-state index in [0.29, 0.717) is 0 Å². The molecule has 0 unspecified atom stereocenters. The molecule has 0 aliphatic rings. The molecule has 3 nitrogen and oxygen atoms in total. The summed E-state index contributed by atoms with van der Waals surface area (Å²) in [5.74, 6) is -0.313. The Morgan fingerprint density at radius 3 is 2.59 bits per heavy atom. The monoisotopic (exact) mass is 241 g/mol. The van der Waals surface area contributed by atoms with Gasteiger partial charge in [-0.15, -0.1) is 0 Å². The van der Waals surface area contributed by atoms with E-state index >= 15 is 0 Å². The van der Waals surface area contributed by atoms with Crippen LogP contribution in [0.25, 0.3) is 0 Å². The molecule has 0 aliphatic carbocycles. The molecule has 6 heteroatoms. The average molecular weight is 241 g/mol. The van der Waals surface area contributed by atoms with E-state index in [0.717, 1.165) is 5.56 Å². The predicted molar refractivity (Wildman–Crippen MR) is 62.7 cm³/mol. The summed E-state index contributed by atoms with van der Waals surface area (Å²) in [6, 6.07) is 4.58. The molecule has 1 aromatic rings. The lowest BCUT2D eigenvalue weighted by molar-refractivity contribution is 0.0956. The van der Waals surface area contributed by atoms with Gasteiger partial charge in [0.05, 0.1) is 12.1 Å². The fraction of sp³-hybridized carbons (Fsp3) is 0.364. The van der Waals surface area contributed by atoms with Crippen LogP contribution < -0.4 is 4.65 Å². The minimum atomic E-state index is -2.93. The van der Waals surface area contributed by atoms with Crippen molar-refractivity contribution in [3.63, 3.8) is 0 Å². The summed E-state index contributed by atoms with van der Waals surface area (Å²) in [7, 11) is 0.548. The van der Waals surface area contributed by atoms with Crippen LogP contribution in [0.5, 0.6) is 5.75 Å². The van der Waals surface area contributed by atoms with Crippen molar-refractivity contribution in [3.8, 4) is 5.75 Å². The molecule has 0 spiro atoms. The number of hydrogen-bond acceptors (Lipinski definition) is 3. The lowest BCUT2D eigenvalue weighted by atomic mass is 10.1. The van der Waals surface area contributed by atoms with Crippen molar-refractivity contribution in [1.82, 2.24) is 4.90 Å². The van der Waals surface area contributed by atoms with Gasteiger partial charge in [-0.25, -0.2) is 8.63 Å². The fourth-order valence-electron chi connectivity index (χ4n) is 1.43. The van der Waals surface area contributed by atoms with Gasteiger partial charge >= 0.3 is 7.47 Å². The molecular weight excluding hydrogens is 227 g/mol. The minimum Gasteiger partial charge on any atom is -0.505 e. The lowest BCUT2D eigenvalue weighted by Crippen LogP contribution is -2.23. The van der Waals surface area contributed by atoms with Crippen molar-refractivity contribution in [2.45, 2.75) is 6.92 Å². The second-order valence-electron chi connectivity index (χ2n) is 4.04. The van der Waals surface area contributed by atoms with Crippen molar-refractivity contribution >= 4 is 13.3 Å². The summed E-state index contributed by atoms with van der Waals surface area (Å²) in [4.78, 5) is 13.5.